The Kier molecular flexibility index (Phi) is 5.62. The predicted molar refractivity (Wildman–Crippen MR) is 81.2 cm³/mol. The van der Waals surface area contributed by atoms with Gasteiger partial charge in [-0.25, -0.2) is 0 Å². The first kappa shape index (κ1) is 15.4. The third-order valence-electron chi connectivity index (χ3n) is 2.85. The van der Waals surface area contributed by atoms with E-state index in [1.54, 1.807) is 11.8 Å². The number of ether oxygens (including phenoxy) is 1. The molecule has 0 bridgehead atoms. The van der Waals surface area contributed by atoms with Gasteiger partial charge in [-0.1, -0.05) is 30.0 Å². The molecule has 0 aliphatic rings. The lowest BCUT2D eigenvalue weighted by Gasteiger charge is -2.05. The van der Waals surface area contributed by atoms with E-state index in [4.69, 9.17) is 10.5 Å². The summed E-state index contributed by atoms with van der Waals surface area (Å²) in [5, 5.41) is 8.99. The van der Waals surface area contributed by atoms with E-state index in [1.807, 2.05) is 41.9 Å². The van der Waals surface area contributed by atoms with Crippen LogP contribution < -0.4 is 10.5 Å². The van der Waals surface area contributed by atoms with Crippen molar-refractivity contribution in [2.24, 2.45) is 12.8 Å². The molecule has 0 aliphatic carbocycles. The van der Waals surface area contributed by atoms with Gasteiger partial charge in [-0.05, 0) is 12.1 Å². The lowest BCUT2D eigenvalue weighted by molar-refractivity contribution is -0.118. The standard InChI is InChI=1S/C14H18N4O2S/c1-18-13(8-7-12(15)19)16-17-14(18)21-10-9-20-11-5-3-2-4-6-11/h2-6H,7-10H2,1H3,(H2,15,19). The Morgan fingerprint density at radius 3 is 2.81 bits per heavy atom. The molecule has 1 amide bonds. The van der Waals surface area contributed by atoms with Gasteiger partial charge in [0.05, 0.1) is 6.61 Å². The van der Waals surface area contributed by atoms with Crippen molar-refractivity contribution >= 4 is 17.7 Å². The molecule has 0 atom stereocenters. The van der Waals surface area contributed by atoms with Crippen molar-refractivity contribution in [3.8, 4) is 5.75 Å². The van der Waals surface area contributed by atoms with E-state index in [9.17, 15) is 4.79 Å². The van der Waals surface area contributed by atoms with Crippen LogP contribution in [0.1, 0.15) is 12.2 Å². The normalized spacial score (nSPS) is 10.5. The third-order valence-corrected chi connectivity index (χ3v) is 3.83. The van der Waals surface area contributed by atoms with E-state index in [2.05, 4.69) is 10.2 Å². The molecule has 6 nitrogen and oxygen atoms in total. The lowest BCUT2D eigenvalue weighted by Crippen LogP contribution is -2.12. The predicted octanol–water partition coefficient (Wildman–Crippen LogP) is 1.40. The van der Waals surface area contributed by atoms with Gasteiger partial charge in [-0.3, -0.25) is 4.79 Å². The number of nitrogens with zero attached hydrogens (tertiary/aromatic N) is 3. The highest BCUT2D eigenvalue weighted by molar-refractivity contribution is 7.99. The monoisotopic (exact) mass is 306 g/mol. The molecule has 0 fully saturated rings. The van der Waals surface area contributed by atoms with Crippen molar-refractivity contribution in [3.63, 3.8) is 0 Å². The Bertz CT molecular complexity index is 586. The molecule has 2 N–H and O–H groups in total. The number of aryl methyl sites for hydroxylation is 1. The number of hydrogen-bond donors (Lipinski definition) is 1. The number of amides is 1. The van der Waals surface area contributed by atoms with E-state index >= 15 is 0 Å². The van der Waals surface area contributed by atoms with Crippen LogP contribution in [-0.4, -0.2) is 33.0 Å². The second kappa shape index (κ2) is 7.68. The van der Waals surface area contributed by atoms with E-state index in [0.717, 1.165) is 22.5 Å². The number of aromatic nitrogens is 3. The van der Waals surface area contributed by atoms with E-state index < -0.39 is 0 Å². The van der Waals surface area contributed by atoms with Crippen LogP contribution in [0.5, 0.6) is 5.75 Å². The average molecular weight is 306 g/mol. The lowest BCUT2D eigenvalue weighted by atomic mass is 10.3. The first-order valence-electron chi connectivity index (χ1n) is 6.64. The maximum Gasteiger partial charge on any atom is 0.217 e. The molecular formula is C14H18N4O2S. The molecule has 0 saturated heterocycles. The number of carbonyl (C=O) groups is 1. The highest BCUT2D eigenvalue weighted by atomic mass is 32.2. The number of hydrogen-bond acceptors (Lipinski definition) is 5. The molecule has 1 heterocycles. The van der Waals surface area contributed by atoms with Crippen LogP contribution in [0.15, 0.2) is 35.5 Å². The fraction of sp³-hybridized carbons (Fsp3) is 0.357. The zero-order valence-electron chi connectivity index (χ0n) is 11.9. The zero-order chi connectivity index (χ0) is 15.1. The highest BCUT2D eigenvalue weighted by Gasteiger charge is 2.10. The SMILES string of the molecule is Cn1c(CCC(N)=O)nnc1SCCOc1ccccc1. The number of para-hydroxylation sites is 1. The Labute approximate surface area is 127 Å². The van der Waals surface area contributed by atoms with Crippen LogP contribution in [0.3, 0.4) is 0 Å². The molecule has 0 spiro atoms. The molecule has 2 aromatic rings. The minimum atomic E-state index is -0.330. The number of thioether (sulfide) groups is 1. The molecule has 7 heteroatoms. The van der Waals surface area contributed by atoms with Gasteiger partial charge < -0.3 is 15.0 Å². The summed E-state index contributed by atoms with van der Waals surface area (Å²) < 4.78 is 7.50. The van der Waals surface area contributed by atoms with Crippen LogP contribution in [0, 0.1) is 0 Å². The first-order chi connectivity index (χ1) is 10.2. The van der Waals surface area contributed by atoms with Gasteiger partial charge in [-0.15, -0.1) is 10.2 Å². The van der Waals surface area contributed by atoms with Gasteiger partial charge in [0.1, 0.15) is 11.6 Å². The van der Waals surface area contributed by atoms with E-state index in [-0.39, 0.29) is 12.3 Å². The summed E-state index contributed by atoms with van der Waals surface area (Å²) in [6.45, 7) is 0.595. The topological polar surface area (TPSA) is 83.0 Å². The summed E-state index contributed by atoms with van der Waals surface area (Å²) >= 11 is 1.57. The summed E-state index contributed by atoms with van der Waals surface area (Å²) in [6.07, 6.45) is 0.799. The van der Waals surface area contributed by atoms with Crippen LogP contribution in [0.2, 0.25) is 0 Å². The summed E-state index contributed by atoms with van der Waals surface area (Å²) in [7, 11) is 1.89. The van der Waals surface area contributed by atoms with Crippen molar-refractivity contribution in [2.45, 2.75) is 18.0 Å². The molecule has 112 valence electrons. The van der Waals surface area contributed by atoms with Crippen LogP contribution in [0.25, 0.3) is 0 Å². The molecule has 0 saturated carbocycles. The Morgan fingerprint density at radius 2 is 2.10 bits per heavy atom. The van der Waals surface area contributed by atoms with Gasteiger partial charge in [0.2, 0.25) is 5.91 Å². The number of carbonyl (C=O) groups excluding carboxylic acids is 1. The Hall–Kier alpha value is -2.02. The highest BCUT2D eigenvalue weighted by Crippen LogP contribution is 2.17. The quantitative estimate of drug-likeness (QED) is 0.589. The molecule has 2 rings (SSSR count). The summed E-state index contributed by atoms with van der Waals surface area (Å²) in [5.41, 5.74) is 5.13. The van der Waals surface area contributed by atoms with Crippen molar-refractivity contribution in [1.29, 1.82) is 0 Å². The van der Waals surface area contributed by atoms with Crippen molar-refractivity contribution in [2.75, 3.05) is 12.4 Å². The second-order valence-electron chi connectivity index (χ2n) is 4.43. The molecule has 0 aliphatic heterocycles. The number of rotatable bonds is 8. The largest absolute Gasteiger partial charge is 0.493 e. The van der Waals surface area contributed by atoms with Crippen LogP contribution in [0.4, 0.5) is 0 Å². The van der Waals surface area contributed by atoms with Crippen molar-refractivity contribution < 1.29 is 9.53 Å². The average Bonchev–Trinajstić information content (AvgIpc) is 2.83. The number of primary amides is 1. The smallest absolute Gasteiger partial charge is 0.217 e. The summed E-state index contributed by atoms with van der Waals surface area (Å²) in [4.78, 5) is 10.8. The molecule has 0 unspecified atom stereocenters. The first-order valence-corrected chi connectivity index (χ1v) is 7.62. The number of benzene rings is 1. The Morgan fingerprint density at radius 1 is 1.33 bits per heavy atom. The van der Waals surface area contributed by atoms with Gasteiger partial charge in [-0.2, -0.15) is 0 Å². The van der Waals surface area contributed by atoms with E-state index in [0.29, 0.717) is 13.0 Å². The zero-order valence-corrected chi connectivity index (χ0v) is 12.7. The fourth-order valence-electron chi connectivity index (χ4n) is 1.73. The van der Waals surface area contributed by atoms with Crippen molar-refractivity contribution in [3.05, 3.63) is 36.2 Å². The van der Waals surface area contributed by atoms with Crippen LogP contribution in [-0.2, 0) is 18.3 Å². The molecular weight excluding hydrogens is 288 g/mol. The maximum absolute atomic E-state index is 10.8. The van der Waals surface area contributed by atoms with Gasteiger partial charge in [0.25, 0.3) is 0 Å². The summed E-state index contributed by atoms with van der Waals surface area (Å²) in [6, 6.07) is 9.69. The van der Waals surface area contributed by atoms with Gasteiger partial charge in [0, 0.05) is 25.6 Å². The molecule has 0 radical (unpaired) electrons. The minimum absolute atomic E-state index is 0.285. The fourth-order valence-corrected chi connectivity index (χ4v) is 2.48. The number of nitrogens with two attached hydrogens (primary N) is 1. The van der Waals surface area contributed by atoms with Crippen molar-refractivity contribution in [1.82, 2.24) is 14.8 Å². The maximum atomic E-state index is 10.8. The Balaban J connectivity index is 1.77. The van der Waals surface area contributed by atoms with Gasteiger partial charge >= 0.3 is 0 Å². The van der Waals surface area contributed by atoms with Gasteiger partial charge in [0.15, 0.2) is 5.16 Å². The minimum Gasteiger partial charge on any atom is -0.493 e. The van der Waals surface area contributed by atoms with E-state index in [1.165, 1.54) is 0 Å². The second-order valence-corrected chi connectivity index (χ2v) is 5.50. The molecule has 1 aromatic carbocycles. The molecule has 1 aromatic heterocycles. The summed E-state index contributed by atoms with van der Waals surface area (Å²) in [5.74, 6) is 2.07. The molecule has 21 heavy (non-hydrogen) atoms. The van der Waals surface area contributed by atoms with Crippen LogP contribution >= 0.6 is 11.8 Å². The third kappa shape index (κ3) is 4.78.